The number of hydrogen-bond acceptors (Lipinski definition) is 6. The van der Waals surface area contributed by atoms with Crippen molar-refractivity contribution in [2.45, 2.75) is 0 Å². The summed E-state index contributed by atoms with van der Waals surface area (Å²) in [5.74, 6) is 0. The van der Waals surface area contributed by atoms with Crippen molar-refractivity contribution in [3.8, 4) is 0 Å². The normalized spacial score (nSPS) is 11.2. The van der Waals surface area contributed by atoms with E-state index in [1.165, 1.54) is 0 Å². The molecule has 0 saturated heterocycles. The molecule has 7 aromatic rings. The van der Waals surface area contributed by atoms with Crippen LogP contribution in [-0.2, 0) is 0 Å². The lowest BCUT2D eigenvalue weighted by Crippen LogP contribution is -2.09. The molecule has 7 heteroatoms. The second-order valence-corrected chi connectivity index (χ2v) is 10.4. The fourth-order valence-electron chi connectivity index (χ4n) is 4.45. The predicted octanol–water partition coefficient (Wildman–Crippen LogP) is 9.17. The maximum atomic E-state index is 5.11. The number of nitrogens with zero attached hydrogens (tertiary/aromatic N) is 4. The summed E-state index contributed by atoms with van der Waals surface area (Å²) in [5.41, 5.74) is 6.07. The van der Waals surface area contributed by atoms with E-state index in [0.717, 1.165) is 53.7 Å². The molecule has 0 unspecified atom stereocenters. The number of aromatic amines is 1. The Balaban J connectivity index is 1.36. The molecule has 0 fully saturated rings. The van der Waals surface area contributed by atoms with Crippen molar-refractivity contribution in [1.29, 1.82) is 0 Å². The molecule has 3 aromatic heterocycles. The van der Waals surface area contributed by atoms with Gasteiger partial charge in [-0.2, -0.15) is 0 Å². The van der Waals surface area contributed by atoms with E-state index in [-0.39, 0.29) is 0 Å². The molecule has 178 valence electrons. The first kappa shape index (κ1) is 21.8. The minimum atomic E-state index is 0.899. The highest BCUT2D eigenvalue weighted by Gasteiger charge is 2.23. The molecule has 0 aliphatic heterocycles. The third-order valence-corrected chi connectivity index (χ3v) is 8.04. The number of para-hydroxylation sites is 4. The van der Waals surface area contributed by atoms with Crippen molar-refractivity contribution in [1.82, 2.24) is 15.0 Å². The summed E-state index contributed by atoms with van der Waals surface area (Å²) in [6.45, 7) is 0. The molecule has 0 bridgehead atoms. The highest BCUT2D eigenvalue weighted by molar-refractivity contribution is 7.24. The molecule has 0 saturated carbocycles. The summed E-state index contributed by atoms with van der Waals surface area (Å²) in [6, 6.07) is 41.4. The molecule has 0 radical (unpaired) electrons. The molecule has 0 spiro atoms. The first-order valence-corrected chi connectivity index (χ1v) is 13.6. The van der Waals surface area contributed by atoms with Gasteiger partial charge in [0.05, 0.1) is 0 Å². The van der Waals surface area contributed by atoms with Crippen LogP contribution in [0.3, 0.4) is 0 Å². The second-order valence-electron chi connectivity index (χ2n) is 8.49. The maximum Gasteiger partial charge on any atom is 0.197 e. The molecule has 1 N–H and O–H groups in total. The van der Waals surface area contributed by atoms with E-state index >= 15 is 0 Å². The molecule has 4 aromatic carbocycles. The largest absolute Gasteiger partial charge is 0.335 e. The Kier molecular flexibility index (Phi) is 5.42. The number of H-pyrrole nitrogens is 1. The van der Waals surface area contributed by atoms with Gasteiger partial charge in [-0.3, -0.25) is 9.80 Å². The molecule has 3 heterocycles. The smallest absolute Gasteiger partial charge is 0.197 e. The van der Waals surface area contributed by atoms with Crippen molar-refractivity contribution in [3.63, 3.8) is 0 Å². The Hall–Kier alpha value is -4.46. The zero-order valence-corrected chi connectivity index (χ0v) is 21.3. The van der Waals surface area contributed by atoms with Gasteiger partial charge in [0, 0.05) is 22.7 Å². The van der Waals surface area contributed by atoms with Crippen molar-refractivity contribution < 1.29 is 0 Å². The average molecular weight is 516 g/mol. The first-order valence-electron chi connectivity index (χ1n) is 11.9. The van der Waals surface area contributed by atoms with Crippen LogP contribution in [0.5, 0.6) is 0 Å². The van der Waals surface area contributed by atoms with E-state index in [0.29, 0.717) is 0 Å². The van der Waals surface area contributed by atoms with E-state index in [1.54, 1.807) is 22.7 Å². The van der Waals surface area contributed by atoms with Gasteiger partial charge >= 0.3 is 0 Å². The average Bonchev–Trinajstić information content (AvgIpc) is 3.63. The van der Waals surface area contributed by atoms with Crippen molar-refractivity contribution in [3.05, 3.63) is 121 Å². The molecule has 5 nitrogen and oxygen atoms in total. The van der Waals surface area contributed by atoms with E-state index < -0.39 is 0 Å². The summed E-state index contributed by atoms with van der Waals surface area (Å²) in [4.78, 5) is 20.3. The minimum Gasteiger partial charge on any atom is -0.335 e. The topological polar surface area (TPSA) is 48.1 Å². The van der Waals surface area contributed by atoms with Crippen molar-refractivity contribution >= 4 is 76.4 Å². The van der Waals surface area contributed by atoms with E-state index in [1.807, 2.05) is 24.3 Å². The Labute approximate surface area is 221 Å². The summed E-state index contributed by atoms with van der Waals surface area (Å²) in [6.07, 6.45) is 0. The van der Waals surface area contributed by atoms with Gasteiger partial charge in [-0.15, -0.1) is 0 Å². The fraction of sp³-hybridized carbons (Fsp3) is 0. The van der Waals surface area contributed by atoms with Gasteiger partial charge in [0.2, 0.25) is 0 Å². The lowest BCUT2D eigenvalue weighted by Gasteiger charge is -2.22. The van der Waals surface area contributed by atoms with Gasteiger partial charge < -0.3 is 4.98 Å². The molecular formula is C30H21N5S2. The van der Waals surface area contributed by atoms with Crippen LogP contribution in [0.15, 0.2) is 121 Å². The van der Waals surface area contributed by atoms with Crippen LogP contribution in [0, 0.1) is 0 Å². The van der Waals surface area contributed by atoms with Crippen molar-refractivity contribution in [2.75, 3.05) is 9.80 Å². The summed E-state index contributed by atoms with van der Waals surface area (Å²) < 4.78 is 0. The Morgan fingerprint density at radius 1 is 0.432 bits per heavy atom. The van der Waals surface area contributed by atoms with Crippen LogP contribution in [0.4, 0.5) is 33.0 Å². The number of thiazole rings is 2. The molecule has 7 rings (SSSR count). The number of anilines is 6. The molecule has 0 aliphatic carbocycles. The van der Waals surface area contributed by atoms with Gasteiger partial charge in [0.15, 0.2) is 10.3 Å². The van der Waals surface area contributed by atoms with Gasteiger partial charge in [-0.05, 0) is 48.5 Å². The number of aromatic nitrogens is 3. The predicted molar refractivity (Wildman–Crippen MR) is 157 cm³/mol. The number of hydrogen-bond donors (Lipinski definition) is 1. The van der Waals surface area contributed by atoms with Crippen LogP contribution in [0.2, 0.25) is 0 Å². The maximum absolute atomic E-state index is 5.11. The van der Waals surface area contributed by atoms with E-state index in [9.17, 15) is 0 Å². The zero-order chi connectivity index (χ0) is 24.6. The van der Waals surface area contributed by atoms with Gasteiger partial charge in [0.1, 0.15) is 20.7 Å². The fourth-order valence-corrected chi connectivity index (χ4v) is 6.54. The first-order chi connectivity index (χ1) is 18.3. The van der Waals surface area contributed by atoms with Crippen LogP contribution < -0.4 is 9.80 Å². The standard InChI is InChI=1S/C30H21N5S2/c1-5-13-21(14-6-1)34(22-15-7-2-8-16-22)29-31-25-26-28(33-27(25)36-29)37-30(32-26)35(23-17-9-3-10-18-23)24-19-11-4-12-20-24/h1-20,33H. The van der Waals surface area contributed by atoms with Gasteiger partial charge in [-0.1, -0.05) is 95.5 Å². The lowest BCUT2D eigenvalue weighted by molar-refractivity contribution is 1.24. The van der Waals surface area contributed by atoms with Crippen LogP contribution >= 0.6 is 22.7 Å². The van der Waals surface area contributed by atoms with Gasteiger partial charge in [-0.25, -0.2) is 9.97 Å². The number of nitrogens with one attached hydrogen (secondary N) is 1. The molecule has 0 aliphatic rings. The van der Waals surface area contributed by atoms with Crippen LogP contribution in [-0.4, -0.2) is 15.0 Å². The Bertz CT molecular complexity index is 1560. The van der Waals surface area contributed by atoms with Crippen LogP contribution in [0.25, 0.3) is 20.7 Å². The third kappa shape index (κ3) is 3.94. The van der Waals surface area contributed by atoms with E-state index in [4.69, 9.17) is 9.97 Å². The third-order valence-electron chi connectivity index (χ3n) is 6.12. The highest BCUT2D eigenvalue weighted by atomic mass is 32.1. The highest BCUT2D eigenvalue weighted by Crippen LogP contribution is 2.44. The number of benzene rings is 4. The number of fused-ring (bicyclic) bond motifs is 3. The molecule has 37 heavy (non-hydrogen) atoms. The Morgan fingerprint density at radius 3 is 1.03 bits per heavy atom. The Morgan fingerprint density at radius 2 is 0.730 bits per heavy atom. The lowest BCUT2D eigenvalue weighted by atomic mass is 10.2. The SMILES string of the molecule is c1ccc(N(c2ccccc2)c2nc3c([nH]c4sc(N(c5ccccc5)c5ccccc5)nc43)s2)cc1. The molecule has 0 amide bonds. The number of rotatable bonds is 6. The molecular weight excluding hydrogens is 494 g/mol. The second kappa shape index (κ2) is 9.20. The monoisotopic (exact) mass is 515 g/mol. The summed E-state index contributed by atoms with van der Waals surface area (Å²) >= 11 is 3.29. The van der Waals surface area contributed by atoms with E-state index in [2.05, 4.69) is 112 Å². The molecule has 0 atom stereocenters. The van der Waals surface area contributed by atoms with Crippen molar-refractivity contribution in [2.24, 2.45) is 0 Å². The van der Waals surface area contributed by atoms with Crippen LogP contribution in [0.1, 0.15) is 0 Å². The quantitative estimate of drug-likeness (QED) is 0.240. The zero-order valence-electron chi connectivity index (χ0n) is 19.7. The van der Waals surface area contributed by atoms with Gasteiger partial charge in [0.25, 0.3) is 0 Å². The summed E-state index contributed by atoms with van der Waals surface area (Å²) in [5, 5.41) is 1.80. The minimum absolute atomic E-state index is 0.899. The summed E-state index contributed by atoms with van der Waals surface area (Å²) in [7, 11) is 0.